The largest absolute Gasteiger partial charge is 0.493 e. The summed E-state index contributed by atoms with van der Waals surface area (Å²) in [6, 6.07) is 12.0. The Hall–Kier alpha value is -3.43. The fourth-order valence-electron chi connectivity index (χ4n) is 5.12. The zero-order valence-electron chi connectivity index (χ0n) is 20.7. The van der Waals surface area contributed by atoms with Gasteiger partial charge in [-0.1, -0.05) is 49.2 Å². The summed E-state index contributed by atoms with van der Waals surface area (Å²) in [7, 11) is 1.55. The first-order valence-corrected chi connectivity index (χ1v) is 13.4. The van der Waals surface area contributed by atoms with Gasteiger partial charge in [-0.3, -0.25) is 9.78 Å². The number of thiazole rings is 1. The highest BCUT2D eigenvalue weighted by atomic mass is 32.1. The van der Waals surface area contributed by atoms with Crippen molar-refractivity contribution in [3.63, 3.8) is 0 Å². The van der Waals surface area contributed by atoms with Crippen LogP contribution in [-0.4, -0.2) is 46.1 Å². The molecule has 0 unspecified atom stereocenters. The van der Waals surface area contributed by atoms with Gasteiger partial charge in [0.05, 0.1) is 23.6 Å². The van der Waals surface area contributed by atoms with Crippen molar-refractivity contribution in [3.05, 3.63) is 75.7 Å². The zero-order valence-corrected chi connectivity index (χ0v) is 21.5. The van der Waals surface area contributed by atoms with E-state index in [1.54, 1.807) is 24.9 Å². The highest BCUT2D eigenvalue weighted by Gasteiger charge is 2.41. The molecular formula is C28H30N2O6S. The summed E-state index contributed by atoms with van der Waals surface area (Å²) < 4.78 is 18.0. The molecule has 1 amide bonds. The Labute approximate surface area is 219 Å². The van der Waals surface area contributed by atoms with Crippen molar-refractivity contribution in [2.45, 2.75) is 63.5 Å². The molecule has 0 radical (unpaired) electrons. The molecule has 5 rings (SSSR count). The van der Waals surface area contributed by atoms with Crippen molar-refractivity contribution < 1.29 is 28.9 Å². The van der Waals surface area contributed by atoms with Crippen LogP contribution in [0.15, 0.2) is 54.2 Å². The van der Waals surface area contributed by atoms with Gasteiger partial charge in [0.25, 0.3) is 5.91 Å². The molecule has 0 bridgehead atoms. The van der Waals surface area contributed by atoms with Gasteiger partial charge in [-0.15, -0.1) is 11.3 Å². The highest BCUT2D eigenvalue weighted by molar-refractivity contribution is 7.09. The van der Waals surface area contributed by atoms with Crippen LogP contribution < -0.4 is 9.47 Å². The molecule has 3 aromatic rings. The van der Waals surface area contributed by atoms with E-state index in [2.05, 4.69) is 4.98 Å². The third-order valence-corrected chi connectivity index (χ3v) is 7.78. The number of carbonyl (C=O) groups excluding carboxylic acids is 1. The number of amides is 1. The number of hydrogen-bond acceptors (Lipinski definition) is 7. The number of carbonyl (C=O) groups is 2. The zero-order chi connectivity index (χ0) is 25.8. The van der Waals surface area contributed by atoms with Crippen LogP contribution in [0.25, 0.3) is 0 Å². The summed E-state index contributed by atoms with van der Waals surface area (Å²) >= 11 is 1.48. The molecule has 194 valence electrons. The van der Waals surface area contributed by atoms with E-state index in [4.69, 9.17) is 14.2 Å². The highest BCUT2D eigenvalue weighted by Crippen LogP contribution is 2.40. The third-order valence-electron chi connectivity index (χ3n) is 7.02. The SMILES string of the molecule is COc1ccc2c(c1OCc1cncs1)C[C@H](C(=O)O)N(C(=O)[C@H](OC1CCCC1)c1ccccc1)C2. The normalized spacial score (nSPS) is 18.3. The standard InChI is InChI=1S/C28H30N2O6S/c1-34-24-12-11-19-15-30(23(28(32)33)13-22(19)26(24)35-16-21-14-29-17-37-21)27(31)25(18-7-3-2-4-8-18)36-20-9-5-6-10-20/h2-4,7-8,11-12,14,17,20,23,25H,5-6,9-10,13,15-16H2,1H3,(H,32,33)/t23-,25-/m1/s1. The summed E-state index contributed by atoms with van der Waals surface area (Å²) in [6.07, 6.45) is 4.93. The van der Waals surface area contributed by atoms with Crippen LogP contribution in [0, 0.1) is 0 Å². The fraction of sp³-hybridized carbons (Fsp3) is 0.393. The molecule has 1 aliphatic heterocycles. The Kier molecular flexibility index (Phi) is 7.71. The number of carboxylic acids is 1. The summed E-state index contributed by atoms with van der Waals surface area (Å²) in [5.41, 5.74) is 4.04. The van der Waals surface area contributed by atoms with Crippen LogP contribution in [0.2, 0.25) is 0 Å². The minimum Gasteiger partial charge on any atom is -0.493 e. The maximum atomic E-state index is 14.0. The topological polar surface area (TPSA) is 98.2 Å². The Morgan fingerprint density at radius 2 is 1.95 bits per heavy atom. The van der Waals surface area contributed by atoms with Crippen molar-refractivity contribution in [1.29, 1.82) is 0 Å². The van der Waals surface area contributed by atoms with Gasteiger partial charge in [-0.25, -0.2) is 4.79 Å². The number of carboxylic acid groups (broad SMARTS) is 1. The Balaban J connectivity index is 1.46. The second-order valence-electron chi connectivity index (χ2n) is 9.35. The van der Waals surface area contributed by atoms with Crippen molar-refractivity contribution >= 4 is 23.2 Å². The number of rotatable bonds is 9. The molecule has 2 atom stereocenters. The van der Waals surface area contributed by atoms with Crippen molar-refractivity contribution in [2.75, 3.05) is 7.11 Å². The van der Waals surface area contributed by atoms with Crippen molar-refractivity contribution in [1.82, 2.24) is 9.88 Å². The number of ether oxygens (including phenoxy) is 3. The molecular weight excluding hydrogens is 492 g/mol. The Morgan fingerprint density at radius 3 is 2.62 bits per heavy atom. The van der Waals surface area contributed by atoms with Gasteiger partial charge in [0.15, 0.2) is 17.6 Å². The average Bonchev–Trinajstić information content (AvgIpc) is 3.64. The van der Waals surface area contributed by atoms with Crippen molar-refractivity contribution in [3.8, 4) is 11.5 Å². The van der Waals surface area contributed by atoms with E-state index >= 15 is 0 Å². The monoisotopic (exact) mass is 522 g/mol. The van der Waals surface area contributed by atoms with E-state index < -0.39 is 18.1 Å². The first-order chi connectivity index (χ1) is 18.0. The number of fused-ring (bicyclic) bond motifs is 1. The van der Waals surface area contributed by atoms with E-state index in [0.717, 1.165) is 47.3 Å². The quantitative estimate of drug-likeness (QED) is 0.432. The van der Waals surface area contributed by atoms with Crippen LogP contribution in [0.4, 0.5) is 0 Å². The summed E-state index contributed by atoms with van der Waals surface area (Å²) in [6.45, 7) is 0.437. The lowest BCUT2D eigenvalue weighted by atomic mass is 9.91. The lowest BCUT2D eigenvalue weighted by molar-refractivity contribution is -0.160. The maximum absolute atomic E-state index is 14.0. The van der Waals surface area contributed by atoms with Crippen LogP contribution in [0.1, 0.15) is 53.4 Å². The summed E-state index contributed by atoms with van der Waals surface area (Å²) in [5.74, 6) is -0.366. The van der Waals surface area contributed by atoms with Gasteiger partial charge in [0, 0.05) is 24.7 Å². The van der Waals surface area contributed by atoms with Crippen LogP contribution in [0.5, 0.6) is 11.5 Å². The molecule has 1 aliphatic carbocycles. The minimum atomic E-state index is -1.07. The fourth-order valence-corrected chi connectivity index (χ4v) is 5.62. The molecule has 0 saturated heterocycles. The number of aliphatic carboxylic acids is 1. The molecule has 2 heterocycles. The molecule has 1 saturated carbocycles. The van der Waals surface area contributed by atoms with E-state index in [9.17, 15) is 14.7 Å². The first kappa shape index (κ1) is 25.2. The molecule has 1 aromatic heterocycles. The molecule has 1 N–H and O–H groups in total. The minimum absolute atomic E-state index is 0.00878. The maximum Gasteiger partial charge on any atom is 0.326 e. The van der Waals surface area contributed by atoms with Gasteiger partial charge in [-0.2, -0.15) is 0 Å². The second kappa shape index (κ2) is 11.3. The number of benzene rings is 2. The van der Waals surface area contributed by atoms with Crippen LogP contribution >= 0.6 is 11.3 Å². The number of hydrogen-bond donors (Lipinski definition) is 1. The number of nitrogens with zero attached hydrogens (tertiary/aromatic N) is 2. The lowest BCUT2D eigenvalue weighted by Crippen LogP contribution is -2.50. The second-order valence-corrected chi connectivity index (χ2v) is 10.3. The predicted molar refractivity (Wildman–Crippen MR) is 138 cm³/mol. The first-order valence-electron chi connectivity index (χ1n) is 12.5. The molecule has 37 heavy (non-hydrogen) atoms. The smallest absolute Gasteiger partial charge is 0.326 e. The van der Waals surface area contributed by atoms with Crippen LogP contribution in [-0.2, 0) is 33.9 Å². The molecule has 2 aromatic carbocycles. The molecule has 8 nitrogen and oxygen atoms in total. The lowest BCUT2D eigenvalue weighted by Gasteiger charge is -2.37. The van der Waals surface area contributed by atoms with E-state index in [1.165, 1.54) is 16.2 Å². The van der Waals surface area contributed by atoms with Gasteiger partial charge in [0.1, 0.15) is 12.6 Å². The third kappa shape index (κ3) is 5.47. The Bertz CT molecular complexity index is 1230. The predicted octanol–water partition coefficient (Wildman–Crippen LogP) is 4.77. The number of aromatic nitrogens is 1. The van der Waals surface area contributed by atoms with Crippen molar-refractivity contribution in [2.24, 2.45) is 0 Å². The Morgan fingerprint density at radius 1 is 1.16 bits per heavy atom. The van der Waals surface area contributed by atoms with E-state index in [-0.39, 0.29) is 25.0 Å². The summed E-state index contributed by atoms with van der Waals surface area (Å²) in [5, 5.41) is 10.2. The van der Waals surface area contributed by atoms with E-state index in [0.29, 0.717) is 18.1 Å². The van der Waals surface area contributed by atoms with Gasteiger partial charge < -0.3 is 24.2 Å². The number of methoxy groups -OCH3 is 1. The molecule has 1 fully saturated rings. The molecule has 0 spiro atoms. The van der Waals surface area contributed by atoms with Crippen LogP contribution in [0.3, 0.4) is 0 Å². The molecule has 2 aliphatic rings. The van der Waals surface area contributed by atoms with Gasteiger partial charge >= 0.3 is 5.97 Å². The van der Waals surface area contributed by atoms with E-state index in [1.807, 2.05) is 36.4 Å². The van der Waals surface area contributed by atoms with Gasteiger partial charge in [-0.05, 0) is 30.0 Å². The summed E-state index contributed by atoms with van der Waals surface area (Å²) in [4.78, 5) is 32.9. The molecule has 9 heteroatoms. The average molecular weight is 523 g/mol. The van der Waals surface area contributed by atoms with Gasteiger partial charge in [0.2, 0.25) is 0 Å².